The van der Waals surface area contributed by atoms with Crippen LogP contribution in [0.5, 0.6) is 0 Å². The summed E-state index contributed by atoms with van der Waals surface area (Å²) in [5, 5.41) is 2.95. The van der Waals surface area contributed by atoms with E-state index in [0.29, 0.717) is 0 Å². The van der Waals surface area contributed by atoms with Crippen LogP contribution in [0, 0.1) is 0 Å². The second kappa shape index (κ2) is 2.54. The van der Waals surface area contributed by atoms with Crippen LogP contribution < -0.4 is 5.56 Å². The number of nitrogens with one attached hydrogen (secondary N) is 1. The molecule has 1 heterocycles. The molecule has 0 aliphatic rings. The van der Waals surface area contributed by atoms with Gasteiger partial charge in [-0.25, -0.2) is 0 Å². The Labute approximate surface area is 74.0 Å². The van der Waals surface area contributed by atoms with Gasteiger partial charge in [0.2, 0.25) is 5.56 Å². The molecule has 0 aromatic carbocycles. The van der Waals surface area contributed by atoms with Crippen molar-refractivity contribution in [2.45, 2.75) is 26.2 Å². The van der Waals surface area contributed by atoms with Gasteiger partial charge in [0.1, 0.15) is 0 Å². The molecule has 58 valence electrons. The Balaban J connectivity index is 3.18. The Morgan fingerprint density at radius 2 is 2.09 bits per heavy atom. The van der Waals surface area contributed by atoms with Gasteiger partial charge in [-0.05, 0) is 0 Å². The second-order valence-electron chi connectivity index (χ2n) is 3.63. The zero-order chi connectivity index (χ0) is 8.65. The molecule has 1 aromatic rings. The SMILES string of the molecule is CC(C)(C)c1cc(=O)[n]([Al])[nH]1. The van der Waals surface area contributed by atoms with Crippen LogP contribution in [-0.2, 0) is 5.41 Å². The van der Waals surface area contributed by atoms with Crippen molar-refractivity contribution in [1.29, 1.82) is 0 Å². The third-order valence-corrected chi connectivity index (χ3v) is 1.94. The molecule has 3 nitrogen and oxygen atoms in total. The van der Waals surface area contributed by atoms with Crippen LogP contribution in [0.3, 0.4) is 0 Å². The van der Waals surface area contributed by atoms with Crippen LogP contribution in [0.15, 0.2) is 10.9 Å². The summed E-state index contributed by atoms with van der Waals surface area (Å²) in [7, 11) is 0. The minimum Gasteiger partial charge on any atom is -0.375 e. The molecule has 0 atom stereocenters. The normalized spacial score (nSPS) is 11.9. The van der Waals surface area contributed by atoms with E-state index in [4.69, 9.17) is 0 Å². The molecule has 0 saturated carbocycles. The van der Waals surface area contributed by atoms with E-state index in [9.17, 15) is 4.79 Å². The zero-order valence-corrected chi connectivity index (χ0v) is 8.16. The number of rotatable bonds is 0. The number of nitrogens with zero attached hydrogens (tertiary/aromatic N) is 1. The summed E-state index contributed by atoms with van der Waals surface area (Å²) in [6.07, 6.45) is 0. The van der Waals surface area contributed by atoms with Gasteiger partial charge in [0, 0.05) is 17.2 Å². The summed E-state index contributed by atoms with van der Waals surface area (Å²) in [5.74, 6) is 0. The van der Waals surface area contributed by atoms with Crippen molar-refractivity contribution < 1.29 is 0 Å². The van der Waals surface area contributed by atoms with E-state index < -0.39 is 0 Å². The Morgan fingerprint density at radius 1 is 1.55 bits per heavy atom. The molecule has 0 aliphatic heterocycles. The zero-order valence-electron chi connectivity index (χ0n) is 7.01. The predicted octanol–water partition coefficient (Wildman–Crippen LogP) is 0.406. The summed E-state index contributed by atoms with van der Waals surface area (Å²) < 4.78 is 1.40. The summed E-state index contributed by atoms with van der Waals surface area (Å²) >= 11 is 2.31. The van der Waals surface area contributed by atoms with Gasteiger partial charge in [-0.2, -0.15) is 0 Å². The maximum atomic E-state index is 11.0. The molecule has 0 fully saturated rings. The van der Waals surface area contributed by atoms with Crippen molar-refractivity contribution in [3.05, 3.63) is 22.1 Å². The van der Waals surface area contributed by atoms with Crippen molar-refractivity contribution in [3.8, 4) is 0 Å². The smallest absolute Gasteiger partial charge is 0.356 e. The van der Waals surface area contributed by atoms with Crippen molar-refractivity contribution in [2.24, 2.45) is 0 Å². The van der Waals surface area contributed by atoms with Gasteiger partial charge in [0.05, 0.1) is 0 Å². The highest BCUT2D eigenvalue weighted by Gasteiger charge is 2.15. The summed E-state index contributed by atoms with van der Waals surface area (Å²) in [4.78, 5) is 11.0. The van der Waals surface area contributed by atoms with Gasteiger partial charge in [0.15, 0.2) is 0 Å². The molecule has 11 heavy (non-hydrogen) atoms. The Bertz CT molecular complexity index is 305. The maximum absolute atomic E-state index is 11.0. The van der Waals surface area contributed by atoms with Gasteiger partial charge in [0.25, 0.3) is 0 Å². The van der Waals surface area contributed by atoms with Crippen molar-refractivity contribution >= 4 is 16.5 Å². The second-order valence-corrected chi connectivity index (χ2v) is 4.14. The Hall–Kier alpha value is -0.458. The molecule has 0 amide bonds. The Morgan fingerprint density at radius 3 is 2.27 bits per heavy atom. The predicted molar refractivity (Wildman–Crippen MR) is 44.9 cm³/mol. The van der Waals surface area contributed by atoms with E-state index in [1.807, 2.05) is 0 Å². The number of hydrogen-bond acceptors (Lipinski definition) is 1. The molecule has 4 heteroatoms. The first-order valence-corrected chi connectivity index (χ1v) is 4.00. The topological polar surface area (TPSA) is 37.8 Å². The average molecular weight is 166 g/mol. The minimum absolute atomic E-state index is 0.0140. The van der Waals surface area contributed by atoms with Crippen molar-refractivity contribution in [3.63, 3.8) is 0 Å². The van der Waals surface area contributed by atoms with Crippen LogP contribution >= 0.6 is 0 Å². The highest BCUT2D eigenvalue weighted by Crippen LogP contribution is 2.17. The molecule has 0 saturated heterocycles. The average Bonchev–Trinajstić information content (AvgIpc) is 2.11. The van der Waals surface area contributed by atoms with E-state index in [2.05, 4.69) is 42.4 Å². The van der Waals surface area contributed by atoms with Gasteiger partial charge < -0.3 is 8.76 Å². The molecular formula is C7H11AlN2O. The van der Waals surface area contributed by atoms with E-state index in [1.54, 1.807) is 6.07 Å². The fourth-order valence-electron chi connectivity index (χ4n) is 0.794. The molecule has 1 N–H and O–H groups in total. The summed E-state index contributed by atoms with van der Waals surface area (Å²) in [5.41, 5.74) is 0.957. The van der Waals surface area contributed by atoms with Crippen LogP contribution in [0.1, 0.15) is 26.5 Å². The standard InChI is InChI=1S/C7H12N2O.Al/c1-7(2,3)5-4-6(10)9-8-5;/h4H,1-3H3,(H2,8,9,10);/q;+1/p-1. The lowest BCUT2D eigenvalue weighted by molar-refractivity contribution is 0.564. The van der Waals surface area contributed by atoms with E-state index in [-0.39, 0.29) is 11.0 Å². The molecular weight excluding hydrogens is 155 g/mol. The van der Waals surface area contributed by atoms with Gasteiger partial charge in [-0.3, -0.25) is 4.79 Å². The van der Waals surface area contributed by atoms with Crippen molar-refractivity contribution in [1.82, 2.24) is 8.76 Å². The van der Waals surface area contributed by atoms with Gasteiger partial charge in [-0.15, -0.1) is 0 Å². The van der Waals surface area contributed by atoms with Crippen molar-refractivity contribution in [2.75, 3.05) is 0 Å². The fourth-order valence-corrected chi connectivity index (χ4v) is 1.01. The van der Waals surface area contributed by atoms with E-state index >= 15 is 0 Å². The molecule has 0 unspecified atom stereocenters. The first kappa shape index (κ1) is 8.64. The molecule has 1 aromatic heterocycles. The molecule has 0 bridgehead atoms. The first-order chi connectivity index (χ1) is 4.91. The number of aromatic nitrogens is 2. The van der Waals surface area contributed by atoms with Crippen LogP contribution in [0.2, 0.25) is 0 Å². The number of hydrogen-bond donors (Lipinski definition) is 1. The quantitative estimate of drug-likeness (QED) is 0.557. The number of H-pyrrole nitrogens is 1. The molecule has 2 radical (unpaired) electrons. The summed E-state index contributed by atoms with van der Waals surface area (Å²) in [6, 6.07) is 1.62. The molecule has 1 rings (SSSR count). The highest BCUT2D eigenvalue weighted by molar-refractivity contribution is 6.05. The minimum atomic E-state index is -0.0140. The molecule has 0 spiro atoms. The highest BCUT2D eigenvalue weighted by atomic mass is 27.1. The lowest BCUT2D eigenvalue weighted by Crippen LogP contribution is -2.13. The van der Waals surface area contributed by atoms with Crippen LogP contribution in [0.4, 0.5) is 0 Å². The van der Waals surface area contributed by atoms with Gasteiger partial charge >= 0.3 is 16.5 Å². The monoisotopic (exact) mass is 166 g/mol. The van der Waals surface area contributed by atoms with Gasteiger partial charge in [-0.1, -0.05) is 20.8 Å². The fraction of sp³-hybridized carbons (Fsp3) is 0.571. The number of aromatic amines is 1. The van der Waals surface area contributed by atoms with Crippen LogP contribution in [0.25, 0.3) is 0 Å². The Kier molecular flexibility index (Phi) is 2.00. The largest absolute Gasteiger partial charge is 0.375 e. The summed E-state index contributed by atoms with van der Waals surface area (Å²) in [6.45, 7) is 6.18. The van der Waals surface area contributed by atoms with Crippen LogP contribution in [-0.4, -0.2) is 25.3 Å². The third-order valence-electron chi connectivity index (χ3n) is 1.55. The van der Waals surface area contributed by atoms with E-state index in [0.717, 1.165) is 5.69 Å². The maximum Gasteiger partial charge on any atom is 0.356 e. The first-order valence-electron chi connectivity index (χ1n) is 3.49. The van der Waals surface area contributed by atoms with E-state index in [1.165, 1.54) is 3.67 Å². The third kappa shape index (κ3) is 1.76. The lowest BCUT2D eigenvalue weighted by Gasteiger charge is -2.15. The molecule has 0 aliphatic carbocycles. The lowest BCUT2D eigenvalue weighted by atomic mass is 9.93.